The molecule has 5 rings (SSSR count). The van der Waals surface area contributed by atoms with Crippen LogP contribution in [0.25, 0.3) is 11.6 Å². The molecule has 9 nitrogen and oxygen atoms in total. The van der Waals surface area contributed by atoms with Gasteiger partial charge >= 0.3 is 0 Å². The first kappa shape index (κ1) is 25.1. The molecule has 1 aliphatic heterocycles. The van der Waals surface area contributed by atoms with Gasteiger partial charge in [-0.3, -0.25) is 4.98 Å². The second kappa shape index (κ2) is 10.8. The van der Waals surface area contributed by atoms with Gasteiger partial charge in [0.2, 0.25) is 5.95 Å². The maximum atomic E-state index is 11.7. The third-order valence-corrected chi connectivity index (χ3v) is 7.09. The van der Waals surface area contributed by atoms with Gasteiger partial charge in [-0.1, -0.05) is 11.6 Å². The normalized spacial score (nSPS) is 16.6. The molecule has 2 aromatic heterocycles. The molecule has 3 N–H and O–H groups in total. The summed E-state index contributed by atoms with van der Waals surface area (Å²) in [6.07, 6.45) is 7.52. The van der Waals surface area contributed by atoms with Gasteiger partial charge in [-0.15, -0.1) is 0 Å². The number of ether oxygens (including phenoxy) is 2. The van der Waals surface area contributed by atoms with Crippen LogP contribution in [-0.2, 0) is 6.42 Å². The number of benzene rings is 1. The van der Waals surface area contributed by atoms with Gasteiger partial charge in [-0.2, -0.15) is 4.98 Å². The second-order valence-corrected chi connectivity index (χ2v) is 9.57. The van der Waals surface area contributed by atoms with Crippen LogP contribution in [0.4, 0.5) is 17.5 Å². The SMILES string of the molecule is CNc1ccc(CCN2c3nc(NCC4CC4)ncc3C=C(c3cc(OC)cc(OC)c3Cl)C2O)nc1. The molecule has 3 heterocycles. The molecule has 1 fully saturated rings. The van der Waals surface area contributed by atoms with E-state index >= 15 is 0 Å². The van der Waals surface area contributed by atoms with Crippen molar-refractivity contribution in [2.24, 2.45) is 5.92 Å². The Bertz CT molecular complexity index is 1300. The number of fused-ring (bicyclic) bond motifs is 1. The van der Waals surface area contributed by atoms with Crippen LogP contribution in [0, 0.1) is 5.92 Å². The van der Waals surface area contributed by atoms with Crippen molar-refractivity contribution in [3.63, 3.8) is 0 Å². The quantitative estimate of drug-likeness (QED) is 0.359. The van der Waals surface area contributed by atoms with Crippen molar-refractivity contribution >= 4 is 40.7 Å². The van der Waals surface area contributed by atoms with Crippen LogP contribution in [0.15, 0.2) is 36.7 Å². The molecule has 0 amide bonds. The average molecular weight is 523 g/mol. The number of nitrogens with one attached hydrogen (secondary N) is 2. The lowest BCUT2D eigenvalue weighted by Gasteiger charge is -2.35. The predicted octanol–water partition coefficient (Wildman–Crippen LogP) is 4.33. The Hall–Kier alpha value is -3.56. The maximum Gasteiger partial charge on any atom is 0.224 e. The van der Waals surface area contributed by atoms with Crippen molar-refractivity contribution in [1.82, 2.24) is 15.0 Å². The number of anilines is 3. The Labute approximate surface area is 221 Å². The first-order chi connectivity index (χ1) is 18.0. The molecule has 1 aromatic carbocycles. The van der Waals surface area contributed by atoms with E-state index in [0.29, 0.717) is 58.3 Å². The number of halogens is 1. The summed E-state index contributed by atoms with van der Waals surface area (Å²) in [6, 6.07) is 7.48. The highest BCUT2D eigenvalue weighted by molar-refractivity contribution is 6.34. The predicted molar refractivity (Wildman–Crippen MR) is 147 cm³/mol. The first-order valence-corrected chi connectivity index (χ1v) is 12.7. The average Bonchev–Trinajstić information content (AvgIpc) is 3.76. The lowest BCUT2D eigenvalue weighted by atomic mass is 9.96. The summed E-state index contributed by atoms with van der Waals surface area (Å²) >= 11 is 6.71. The lowest BCUT2D eigenvalue weighted by Crippen LogP contribution is -2.41. The minimum absolute atomic E-state index is 0.393. The Morgan fingerprint density at radius 3 is 2.65 bits per heavy atom. The third-order valence-electron chi connectivity index (χ3n) is 6.70. The van der Waals surface area contributed by atoms with E-state index < -0.39 is 6.23 Å². The number of methoxy groups -OCH3 is 2. The number of aliphatic hydroxyl groups excluding tert-OH is 1. The van der Waals surface area contributed by atoms with E-state index in [-0.39, 0.29) is 0 Å². The molecule has 2 aliphatic rings. The minimum atomic E-state index is -1.01. The van der Waals surface area contributed by atoms with E-state index in [4.69, 9.17) is 26.1 Å². The standard InChI is InChI=1S/C27H31ClN6O3/c1-29-19-7-6-18(30-15-19)8-9-34-25-17(14-32-27(33-25)31-13-16-4-5-16)10-22(26(34)35)21-11-20(36-2)12-23(37-3)24(21)28/h6-7,10-12,14-16,26,29,35H,4-5,8-9,13H2,1-3H3,(H,31,32,33). The highest BCUT2D eigenvalue weighted by atomic mass is 35.5. The Balaban J connectivity index is 1.51. The topological polar surface area (TPSA) is 105 Å². The van der Waals surface area contributed by atoms with Gasteiger partial charge in [-0.05, 0) is 43.0 Å². The van der Waals surface area contributed by atoms with Crippen molar-refractivity contribution in [1.29, 1.82) is 0 Å². The van der Waals surface area contributed by atoms with Gasteiger partial charge in [0, 0.05) is 61.2 Å². The number of rotatable bonds is 10. The molecular formula is C27H31ClN6O3. The van der Waals surface area contributed by atoms with Crippen LogP contribution in [0.5, 0.6) is 11.5 Å². The third kappa shape index (κ3) is 5.42. The number of hydrogen-bond acceptors (Lipinski definition) is 9. The summed E-state index contributed by atoms with van der Waals surface area (Å²) < 4.78 is 10.9. The summed E-state index contributed by atoms with van der Waals surface area (Å²) in [6.45, 7) is 1.33. The van der Waals surface area contributed by atoms with Crippen LogP contribution in [0.1, 0.15) is 29.7 Å². The van der Waals surface area contributed by atoms with Gasteiger partial charge in [0.25, 0.3) is 0 Å². The zero-order chi connectivity index (χ0) is 25.9. The van der Waals surface area contributed by atoms with E-state index in [1.165, 1.54) is 12.8 Å². The zero-order valence-electron chi connectivity index (χ0n) is 21.2. The Morgan fingerprint density at radius 1 is 1.14 bits per heavy atom. The van der Waals surface area contributed by atoms with Crippen LogP contribution >= 0.6 is 11.6 Å². The number of aliphatic hydroxyl groups is 1. The second-order valence-electron chi connectivity index (χ2n) is 9.19. The summed E-state index contributed by atoms with van der Waals surface area (Å²) in [5, 5.41) is 18.5. The smallest absolute Gasteiger partial charge is 0.224 e. The fourth-order valence-corrected chi connectivity index (χ4v) is 4.63. The van der Waals surface area contributed by atoms with Crippen LogP contribution < -0.4 is 25.0 Å². The Kier molecular flexibility index (Phi) is 7.34. The zero-order valence-corrected chi connectivity index (χ0v) is 21.9. The van der Waals surface area contributed by atoms with E-state index in [1.54, 1.807) is 38.7 Å². The summed E-state index contributed by atoms with van der Waals surface area (Å²) in [7, 11) is 4.99. The molecule has 1 saturated carbocycles. The molecule has 0 spiro atoms. The fraction of sp³-hybridized carbons (Fsp3) is 0.370. The van der Waals surface area contributed by atoms with E-state index in [1.807, 2.05) is 30.2 Å². The lowest BCUT2D eigenvalue weighted by molar-refractivity contribution is 0.224. The first-order valence-electron chi connectivity index (χ1n) is 12.3. The number of pyridine rings is 1. The molecule has 194 valence electrons. The highest BCUT2D eigenvalue weighted by Gasteiger charge is 2.32. The van der Waals surface area contributed by atoms with E-state index in [0.717, 1.165) is 23.5 Å². The van der Waals surface area contributed by atoms with Crippen molar-refractivity contribution in [3.8, 4) is 11.5 Å². The largest absolute Gasteiger partial charge is 0.497 e. The molecule has 37 heavy (non-hydrogen) atoms. The molecular weight excluding hydrogens is 492 g/mol. The molecule has 0 saturated heterocycles. The van der Waals surface area contributed by atoms with Gasteiger partial charge < -0.3 is 30.1 Å². The monoisotopic (exact) mass is 522 g/mol. The molecule has 1 atom stereocenters. The highest BCUT2D eigenvalue weighted by Crippen LogP contribution is 2.42. The molecule has 0 bridgehead atoms. The molecule has 10 heteroatoms. The van der Waals surface area contributed by atoms with Crippen LogP contribution in [-0.4, -0.2) is 60.6 Å². The van der Waals surface area contributed by atoms with Crippen molar-refractivity contribution < 1.29 is 14.6 Å². The Morgan fingerprint density at radius 2 is 1.97 bits per heavy atom. The van der Waals surface area contributed by atoms with Crippen LogP contribution in [0.2, 0.25) is 5.02 Å². The molecule has 0 radical (unpaired) electrons. The number of nitrogens with zero attached hydrogens (tertiary/aromatic N) is 4. The van der Waals surface area contributed by atoms with Crippen molar-refractivity contribution in [2.45, 2.75) is 25.5 Å². The van der Waals surface area contributed by atoms with Gasteiger partial charge in [0.05, 0.1) is 31.1 Å². The number of hydrogen-bond donors (Lipinski definition) is 3. The summed E-state index contributed by atoms with van der Waals surface area (Å²) in [5.41, 5.74) is 3.86. The fourth-order valence-electron chi connectivity index (χ4n) is 4.33. The number of aromatic nitrogens is 3. The van der Waals surface area contributed by atoms with Gasteiger partial charge in [-0.25, -0.2) is 4.98 Å². The van der Waals surface area contributed by atoms with Crippen LogP contribution in [0.3, 0.4) is 0 Å². The van der Waals surface area contributed by atoms with Crippen molar-refractivity contribution in [3.05, 3.63) is 58.5 Å². The molecule has 1 unspecified atom stereocenters. The van der Waals surface area contributed by atoms with Crippen molar-refractivity contribution in [2.75, 3.05) is 49.9 Å². The molecule has 3 aromatic rings. The summed E-state index contributed by atoms with van der Waals surface area (Å²) in [5.74, 6) is 2.93. The minimum Gasteiger partial charge on any atom is -0.497 e. The van der Waals surface area contributed by atoms with E-state index in [2.05, 4.69) is 20.6 Å². The van der Waals surface area contributed by atoms with E-state index in [9.17, 15) is 5.11 Å². The summed E-state index contributed by atoms with van der Waals surface area (Å²) in [4.78, 5) is 15.7. The maximum absolute atomic E-state index is 11.7. The molecule has 1 aliphatic carbocycles. The van der Waals surface area contributed by atoms with Gasteiger partial charge in [0.15, 0.2) is 6.23 Å². The van der Waals surface area contributed by atoms with Gasteiger partial charge in [0.1, 0.15) is 17.3 Å².